The normalized spacial score (nSPS) is 18.8. The summed E-state index contributed by atoms with van der Waals surface area (Å²) in [6, 6.07) is -0.120. The summed E-state index contributed by atoms with van der Waals surface area (Å²) in [4.78, 5) is 31.0. The average Bonchev–Trinajstić information content (AvgIpc) is 3.39. The topological polar surface area (TPSA) is 133 Å². The minimum absolute atomic E-state index is 0.115. The van der Waals surface area contributed by atoms with E-state index in [0.717, 1.165) is 5.56 Å². The van der Waals surface area contributed by atoms with Gasteiger partial charge in [-0.2, -0.15) is 10.2 Å². The van der Waals surface area contributed by atoms with Crippen LogP contribution < -0.4 is 11.1 Å². The Morgan fingerprint density at radius 1 is 1.19 bits per heavy atom. The van der Waals surface area contributed by atoms with Gasteiger partial charge in [-0.15, -0.1) is 0 Å². The molecule has 4 rings (SSSR count). The van der Waals surface area contributed by atoms with Crippen LogP contribution in [0.25, 0.3) is 16.9 Å². The number of hydrogen-bond acceptors (Lipinski definition) is 7. The number of fused-ring (bicyclic) bond motifs is 1. The Bertz CT molecular complexity index is 1180. The van der Waals surface area contributed by atoms with Crippen molar-refractivity contribution in [2.45, 2.75) is 39.3 Å². The van der Waals surface area contributed by atoms with Crippen LogP contribution in [0.4, 0.5) is 10.5 Å². The predicted octanol–water partition coefficient (Wildman–Crippen LogP) is 1.90. The van der Waals surface area contributed by atoms with Crippen molar-refractivity contribution >= 4 is 23.3 Å². The van der Waals surface area contributed by atoms with Crippen LogP contribution in [0.15, 0.2) is 24.8 Å². The number of amides is 2. The van der Waals surface area contributed by atoms with E-state index in [-0.39, 0.29) is 23.6 Å². The lowest BCUT2D eigenvalue weighted by Gasteiger charge is -2.24. The summed E-state index contributed by atoms with van der Waals surface area (Å²) in [5.41, 5.74) is 7.76. The molecule has 0 spiro atoms. The van der Waals surface area contributed by atoms with Crippen LogP contribution in [0, 0.1) is 5.92 Å². The number of nitrogens with two attached hydrogens (primary N) is 1. The van der Waals surface area contributed by atoms with Crippen molar-refractivity contribution in [2.24, 2.45) is 18.7 Å². The number of hydrogen-bond donors (Lipinski definition) is 2. The quantitative estimate of drug-likeness (QED) is 0.633. The highest BCUT2D eigenvalue weighted by Crippen LogP contribution is 2.29. The molecule has 1 aliphatic rings. The van der Waals surface area contributed by atoms with Gasteiger partial charge in [0.05, 0.1) is 35.5 Å². The lowest BCUT2D eigenvalue weighted by molar-refractivity contribution is 0.0288. The van der Waals surface area contributed by atoms with Crippen molar-refractivity contribution < 1.29 is 14.3 Å². The van der Waals surface area contributed by atoms with Crippen molar-refractivity contribution in [1.82, 2.24) is 29.3 Å². The number of nitrogens with one attached hydrogen (secondary N) is 1. The number of nitrogens with zero attached hydrogens (tertiary/aromatic N) is 6. The first kappa shape index (κ1) is 21.6. The van der Waals surface area contributed by atoms with Crippen molar-refractivity contribution in [1.29, 1.82) is 0 Å². The van der Waals surface area contributed by atoms with Gasteiger partial charge in [-0.25, -0.2) is 14.3 Å². The first-order valence-electron chi connectivity index (χ1n) is 10.4. The fraction of sp³-hybridized carbons (Fsp3) is 0.476. The molecule has 2 amide bonds. The molecule has 0 saturated carbocycles. The Hall–Kier alpha value is -3.63. The molecule has 1 fully saturated rings. The van der Waals surface area contributed by atoms with Gasteiger partial charge in [0.25, 0.3) is 5.91 Å². The highest BCUT2D eigenvalue weighted by molar-refractivity contribution is 6.01. The number of aromatic nitrogens is 5. The maximum absolute atomic E-state index is 12.5. The molecular formula is C21H28N8O3. The summed E-state index contributed by atoms with van der Waals surface area (Å²) in [5.74, 6) is -0.493. The predicted molar refractivity (Wildman–Crippen MR) is 118 cm³/mol. The van der Waals surface area contributed by atoms with Crippen molar-refractivity contribution in [2.75, 3.05) is 18.4 Å². The molecule has 0 bridgehead atoms. The van der Waals surface area contributed by atoms with Gasteiger partial charge in [0, 0.05) is 37.9 Å². The monoisotopic (exact) mass is 440 g/mol. The molecule has 3 aromatic heterocycles. The zero-order valence-electron chi connectivity index (χ0n) is 18.9. The number of imidazole rings is 1. The minimum atomic E-state index is -0.608. The lowest BCUT2D eigenvalue weighted by Crippen LogP contribution is -2.36. The van der Waals surface area contributed by atoms with Gasteiger partial charge in [-0.05, 0) is 26.7 Å². The number of likely N-dealkylation sites (tertiary alicyclic amines) is 1. The first-order valence-corrected chi connectivity index (χ1v) is 10.4. The Balaban J connectivity index is 1.65. The molecule has 1 saturated heterocycles. The highest BCUT2D eigenvalue weighted by atomic mass is 16.6. The Labute approximate surface area is 185 Å². The molecule has 3 N–H and O–H groups in total. The third-order valence-electron chi connectivity index (χ3n) is 5.35. The van der Waals surface area contributed by atoms with Crippen LogP contribution >= 0.6 is 0 Å². The maximum Gasteiger partial charge on any atom is 0.410 e. The van der Waals surface area contributed by atoms with E-state index < -0.39 is 11.5 Å². The molecule has 11 nitrogen and oxygen atoms in total. The SMILES string of the molecule is CC1CN(C(=O)OC(C)(C)C)CC1Nc1c(C(N)=O)cnn2cc(-c3cnn(C)c3)nc12. The molecule has 4 heterocycles. The Morgan fingerprint density at radius 2 is 1.94 bits per heavy atom. The van der Waals surface area contributed by atoms with Crippen molar-refractivity contribution in [3.63, 3.8) is 0 Å². The van der Waals surface area contributed by atoms with E-state index in [2.05, 4.69) is 20.5 Å². The molecule has 1 aliphatic heterocycles. The van der Waals surface area contributed by atoms with E-state index >= 15 is 0 Å². The third-order valence-corrected chi connectivity index (χ3v) is 5.35. The van der Waals surface area contributed by atoms with Gasteiger partial charge in [-0.1, -0.05) is 6.92 Å². The standard InChI is InChI=1S/C21H28N8O3/c1-12-8-28(20(31)32-21(2,3)4)10-15(12)25-17-14(18(22)30)7-24-29-11-16(26-19(17)29)13-6-23-27(5)9-13/h6-7,9,11-12,15,25H,8,10H2,1-5H3,(H2,22,30). The van der Waals surface area contributed by atoms with Crippen LogP contribution in [0.2, 0.25) is 0 Å². The zero-order chi connectivity index (χ0) is 23.2. The Kier molecular flexibility index (Phi) is 5.27. The van der Waals surface area contributed by atoms with E-state index in [1.54, 1.807) is 26.5 Å². The highest BCUT2D eigenvalue weighted by Gasteiger charge is 2.35. The number of anilines is 1. The summed E-state index contributed by atoms with van der Waals surface area (Å²) < 4.78 is 8.79. The first-order chi connectivity index (χ1) is 15.0. The molecule has 0 aliphatic carbocycles. The molecule has 0 radical (unpaired) electrons. The molecular weight excluding hydrogens is 412 g/mol. The molecule has 2 atom stereocenters. The van der Waals surface area contributed by atoms with Crippen molar-refractivity contribution in [3.8, 4) is 11.3 Å². The molecule has 170 valence electrons. The fourth-order valence-electron chi connectivity index (χ4n) is 3.77. The fourth-order valence-corrected chi connectivity index (χ4v) is 3.77. The number of ether oxygens (including phenoxy) is 1. The van der Waals surface area contributed by atoms with Crippen LogP contribution in [0.1, 0.15) is 38.1 Å². The number of carbonyl (C=O) groups is 2. The summed E-state index contributed by atoms with van der Waals surface area (Å²) in [6.07, 6.45) is 6.40. The maximum atomic E-state index is 12.5. The smallest absolute Gasteiger partial charge is 0.410 e. The third kappa shape index (κ3) is 4.23. The van der Waals surface area contributed by atoms with E-state index in [1.807, 2.05) is 40.9 Å². The van der Waals surface area contributed by atoms with Gasteiger partial charge in [0.2, 0.25) is 0 Å². The Morgan fingerprint density at radius 3 is 2.56 bits per heavy atom. The summed E-state index contributed by atoms with van der Waals surface area (Å²) in [5, 5.41) is 11.9. The van der Waals surface area contributed by atoms with Gasteiger partial charge in [-0.3, -0.25) is 9.48 Å². The molecule has 0 aromatic carbocycles. The van der Waals surface area contributed by atoms with Gasteiger partial charge >= 0.3 is 6.09 Å². The summed E-state index contributed by atoms with van der Waals surface area (Å²) >= 11 is 0. The molecule has 3 aromatic rings. The number of carbonyl (C=O) groups excluding carboxylic acids is 2. The lowest BCUT2D eigenvalue weighted by atomic mass is 10.1. The number of aryl methyl sites for hydroxylation is 1. The van der Waals surface area contributed by atoms with E-state index in [1.165, 1.54) is 6.20 Å². The van der Waals surface area contributed by atoms with Crippen molar-refractivity contribution in [3.05, 3.63) is 30.4 Å². The minimum Gasteiger partial charge on any atom is -0.444 e. The average molecular weight is 441 g/mol. The van der Waals surface area contributed by atoms with E-state index in [4.69, 9.17) is 10.5 Å². The molecule has 32 heavy (non-hydrogen) atoms. The second-order valence-corrected chi connectivity index (χ2v) is 9.21. The number of primary amides is 1. The van der Waals surface area contributed by atoms with E-state index in [9.17, 15) is 9.59 Å². The zero-order valence-corrected chi connectivity index (χ0v) is 18.9. The second-order valence-electron chi connectivity index (χ2n) is 9.21. The van der Waals surface area contributed by atoms with E-state index in [0.29, 0.717) is 30.1 Å². The molecule has 11 heteroatoms. The van der Waals surface area contributed by atoms with Gasteiger partial charge in [0.15, 0.2) is 5.65 Å². The number of rotatable bonds is 4. The molecule has 2 unspecified atom stereocenters. The summed E-state index contributed by atoms with van der Waals surface area (Å²) in [7, 11) is 1.83. The van der Waals surface area contributed by atoms with Gasteiger partial charge < -0.3 is 20.7 Å². The van der Waals surface area contributed by atoms with Gasteiger partial charge in [0.1, 0.15) is 5.60 Å². The van der Waals surface area contributed by atoms with Crippen LogP contribution in [0.5, 0.6) is 0 Å². The summed E-state index contributed by atoms with van der Waals surface area (Å²) in [6.45, 7) is 8.52. The second kappa shape index (κ2) is 7.81. The van der Waals surface area contributed by atoms with Crippen LogP contribution in [-0.2, 0) is 11.8 Å². The largest absolute Gasteiger partial charge is 0.444 e. The van der Waals surface area contributed by atoms with Crippen LogP contribution in [0.3, 0.4) is 0 Å². The van der Waals surface area contributed by atoms with Crippen LogP contribution in [-0.4, -0.2) is 66.0 Å².